The molecule has 8 nitrogen and oxygen atoms in total. The summed E-state index contributed by atoms with van der Waals surface area (Å²) in [6.45, 7) is 5.01. The number of rotatable bonds is 7. The first-order chi connectivity index (χ1) is 15.7. The minimum atomic E-state index is 0.105. The van der Waals surface area contributed by atoms with Crippen LogP contribution in [0.25, 0.3) is 17.1 Å². The van der Waals surface area contributed by atoms with Crippen LogP contribution in [-0.2, 0) is 9.47 Å². The van der Waals surface area contributed by atoms with Gasteiger partial charge in [0.2, 0.25) is 0 Å². The van der Waals surface area contributed by atoms with Crippen LogP contribution < -0.4 is 9.64 Å². The molecule has 0 amide bonds. The molecule has 1 aromatic carbocycles. The summed E-state index contributed by atoms with van der Waals surface area (Å²) < 4.78 is 19.0. The van der Waals surface area contributed by atoms with Crippen molar-refractivity contribution in [3.63, 3.8) is 0 Å². The van der Waals surface area contributed by atoms with Gasteiger partial charge < -0.3 is 19.1 Å². The van der Waals surface area contributed by atoms with Crippen molar-refractivity contribution in [2.24, 2.45) is 0 Å². The molecule has 2 aliphatic heterocycles. The average molecular weight is 436 g/mol. The Balaban J connectivity index is 1.43. The van der Waals surface area contributed by atoms with Crippen molar-refractivity contribution < 1.29 is 14.2 Å². The summed E-state index contributed by atoms with van der Waals surface area (Å²) in [5.74, 6) is 1.50. The van der Waals surface area contributed by atoms with Crippen LogP contribution in [0.2, 0.25) is 0 Å². The van der Waals surface area contributed by atoms with E-state index >= 15 is 0 Å². The van der Waals surface area contributed by atoms with Crippen LogP contribution in [0.1, 0.15) is 24.8 Å². The van der Waals surface area contributed by atoms with Crippen molar-refractivity contribution in [2.75, 3.05) is 38.3 Å². The second-order valence-corrected chi connectivity index (χ2v) is 8.42. The van der Waals surface area contributed by atoms with Crippen molar-refractivity contribution in [1.82, 2.24) is 19.7 Å². The summed E-state index contributed by atoms with van der Waals surface area (Å²) in [7, 11) is 1.76. The summed E-state index contributed by atoms with van der Waals surface area (Å²) in [6.07, 6.45) is 5.29. The van der Waals surface area contributed by atoms with Gasteiger partial charge in [-0.15, -0.1) is 0 Å². The number of hydrogen-bond acceptors (Lipinski definition) is 7. The lowest BCUT2D eigenvalue weighted by molar-refractivity contribution is 0.0645. The maximum atomic E-state index is 5.97. The molecule has 0 N–H and O–H groups in total. The van der Waals surface area contributed by atoms with Gasteiger partial charge in [-0.1, -0.05) is 23.8 Å². The van der Waals surface area contributed by atoms with Crippen LogP contribution in [0.3, 0.4) is 0 Å². The fourth-order valence-corrected chi connectivity index (χ4v) is 4.23. The maximum Gasteiger partial charge on any atom is 0.320 e. The minimum absolute atomic E-state index is 0.105. The quantitative estimate of drug-likeness (QED) is 0.563. The van der Waals surface area contributed by atoms with E-state index < -0.39 is 0 Å². The van der Waals surface area contributed by atoms with E-state index in [1.807, 2.05) is 24.4 Å². The van der Waals surface area contributed by atoms with E-state index in [-0.39, 0.29) is 12.2 Å². The third kappa shape index (κ3) is 4.61. The minimum Gasteiger partial charge on any atom is -0.461 e. The van der Waals surface area contributed by atoms with Crippen LogP contribution in [0, 0.1) is 6.92 Å². The molecule has 2 aromatic heterocycles. The number of anilines is 1. The van der Waals surface area contributed by atoms with Gasteiger partial charge in [0, 0.05) is 44.6 Å². The van der Waals surface area contributed by atoms with E-state index in [0.29, 0.717) is 18.4 Å². The molecule has 168 valence electrons. The first kappa shape index (κ1) is 20.9. The third-order valence-electron chi connectivity index (χ3n) is 6.04. The van der Waals surface area contributed by atoms with E-state index in [0.717, 1.165) is 56.0 Å². The van der Waals surface area contributed by atoms with Crippen LogP contribution in [0.15, 0.2) is 42.6 Å². The number of ether oxygens (including phenoxy) is 3. The van der Waals surface area contributed by atoms with Gasteiger partial charge in [0.05, 0.1) is 17.9 Å². The van der Waals surface area contributed by atoms with Crippen molar-refractivity contribution in [1.29, 1.82) is 0 Å². The number of benzene rings is 1. The largest absolute Gasteiger partial charge is 0.461 e. The van der Waals surface area contributed by atoms with E-state index in [2.05, 4.69) is 40.0 Å². The highest BCUT2D eigenvalue weighted by Crippen LogP contribution is 2.25. The predicted octanol–water partition coefficient (Wildman–Crippen LogP) is 3.42. The van der Waals surface area contributed by atoms with E-state index in [4.69, 9.17) is 19.3 Å². The molecule has 8 heteroatoms. The fourth-order valence-electron chi connectivity index (χ4n) is 4.23. The lowest BCUT2D eigenvalue weighted by Crippen LogP contribution is -2.24. The van der Waals surface area contributed by atoms with Crippen LogP contribution in [0.4, 0.5) is 5.82 Å². The normalized spacial score (nSPS) is 20.8. The molecular formula is C24H29N5O3. The third-order valence-corrected chi connectivity index (χ3v) is 6.04. The molecule has 2 aliphatic rings. The first-order valence-corrected chi connectivity index (χ1v) is 11.2. The first-order valence-electron chi connectivity index (χ1n) is 11.2. The summed E-state index contributed by atoms with van der Waals surface area (Å²) in [5.41, 5.74) is 3.18. The number of hydrogen-bond donors (Lipinski definition) is 0. The standard InChI is InChI=1S/C24H29N5O3/c1-17-5-3-6-18(13-17)21-9-11-29(27-21)23-14-22(28-10-8-19(15-28)30-2)25-24(26-23)32-16-20-7-4-12-31-20/h3,5-6,9,11,13-14,19-20H,4,7-8,10,12,15-16H2,1-2H3. The Bertz CT molecular complexity index is 1060. The lowest BCUT2D eigenvalue weighted by atomic mass is 10.1. The number of nitrogens with zero attached hydrogens (tertiary/aromatic N) is 5. The highest BCUT2D eigenvalue weighted by molar-refractivity contribution is 5.60. The van der Waals surface area contributed by atoms with E-state index in [1.165, 1.54) is 5.56 Å². The monoisotopic (exact) mass is 435 g/mol. The van der Waals surface area contributed by atoms with Gasteiger partial charge in [-0.3, -0.25) is 0 Å². The van der Waals surface area contributed by atoms with Gasteiger partial charge in [0.25, 0.3) is 0 Å². The molecule has 0 spiro atoms. The highest BCUT2D eigenvalue weighted by Gasteiger charge is 2.25. The molecular weight excluding hydrogens is 406 g/mol. The van der Waals surface area contributed by atoms with E-state index in [1.54, 1.807) is 11.8 Å². The van der Waals surface area contributed by atoms with Gasteiger partial charge in [-0.25, -0.2) is 4.68 Å². The topological polar surface area (TPSA) is 74.5 Å². The second kappa shape index (κ2) is 9.26. The molecule has 2 unspecified atom stereocenters. The van der Waals surface area contributed by atoms with Crippen LogP contribution >= 0.6 is 0 Å². The van der Waals surface area contributed by atoms with Gasteiger partial charge >= 0.3 is 6.01 Å². The maximum absolute atomic E-state index is 5.97. The lowest BCUT2D eigenvalue weighted by Gasteiger charge is -2.19. The number of methoxy groups -OCH3 is 1. The Labute approximate surface area is 188 Å². The summed E-state index contributed by atoms with van der Waals surface area (Å²) >= 11 is 0. The van der Waals surface area contributed by atoms with Crippen LogP contribution in [0.5, 0.6) is 6.01 Å². The molecule has 3 aromatic rings. The highest BCUT2D eigenvalue weighted by atomic mass is 16.5. The summed E-state index contributed by atoms with van der Waals surface area (Å²) in [6, 6.07) is 12.6. The molecule has 5 rings (SSSR count). The Hall–Kier alpha value is -2.97. The molecule has 32 heavy (non-hydrogen) atoms. The summed E-state index contributed by atoms with van der Waals surface area (Å²) in [5, 5.41) is 4.77. The molecule has 0 saturated carbocycles. The van der Waals surface area contributed by atoms with Crippen LogP contribution in [-0.4, -0.2) is 65.4 Å². The molecule has 0 bridgehead atoms. The Kier molecular flexibility index (Phi) is 6.05. The van der Waals surface area contributed by atoms with Gasteiger partial charge in [0.15, 0.2) is 5.82 Å². The van der Waals surface area contributed by atoms with Gasteiger partial charge in [0.1, 0.15) is 12.4 Å². The zero-order valence-electron chi connectivity index (χ0n) is 18.6. The molecule has 2 fully saturated rings. The molecule has 2 atom stereocenters. The zero-order chi connectivity index (χ0) is 21.9. The van der Waals surface area contributed by atoms with E-state index in [9.17, 15) is 0 Å². The smallest absolute Gasteiger partial charge is 0.320 e. The van der Waals surface area contributed by atoms with Gasteiger partial charge in [-0.05, 0) is 38.3 Å². The molecule has 0 aliphatic carbocycles. The van der Waals surface area contributed by atoms with Crippen molar-refractivity contribution in [3.05, 3.63) is 48.2 Å². The van der Waals surface area contributed by atoms with Crippen molar-refractivity contribution in [2.45, 2.75) is 38.4 Å². The fraction of sp³-hybridized carbons (Fsp3) is 0.458. The summed E-state index contributed by atoms with van der Waals surface area (Å²) in [4.78, 5) is 11.6. The van der Waals surface area contributed by atoms with Crippen molar-refractivity contribution >= 4 is 5.82 Å². The SMILES string of the molecule is COC1CCN(c2cc(-n3ccc(-c4cccc(C)c4)n3)nc(OCC3CCCO3)n2)C1. The Morgan fingerprint density at radius 2 is 2.03 bits per heavy atom. The number of aromatic nitrogens is 4. The molecule has 0 radical (unpaired) electrons. The molecule has 4 heterocycles. The average Bonchev–Trinajstić information content (AvgIpc) is 3.59. The van der Waals surface area contributed by atoms with Crippen molar-refractivity contribution in [3.8, 4) is 23.1 Å². The number of aryl methyl sites for hydroxylation is 1. The second-order valence-electron chi connectivity index (χ2n) is 8.42. The Morgan fingerprint density at radius 1 is 1.12 bits per heavy atom. The molecule has 2 saturated heterocycles. The Morgan fingerprint density at radius 3 is 2.81 bits per heavy atom. The predicted molar refractivity (Wildman–Crippen MR) is 121 cm³/mol. The van der Waals surface area contributed by atoms with Gasteiger partial charge in [-0.2, -0.15) is 15.1 Å². The zero-order valence-corrected chi connectivity index (χ0v) is 18.6.